The van der Waals surface area contributed by atoms with Gasteiger partial charge in [-0.3, -0.25) is 0 Å². The Bertz CT molecular complexity index is 494. The van der Waals surface area contributed by atoms with Crippen LogP contribution < -0.4 is 5.32 Å². The van der Waals surface area contributed by atoms with Crippen molar-refractivity contribution in [3.8, 4) is 0 Å². The van der Waals surface area contributed by atoms with Crippen molar-refractivity contribution in [2.75, 3.05) is 6.54 Å². The quantitative estimate of drug-likeness (QED) is 0.869. The van der Waals surface area contributed by atoms with Gasteiger partial charge in [-0.05, 0) is 37.1 Å². The highest BCUT2D eigenvalue weighted by molar-refractivity contribution is 6.31. The molecular weight excluding hydrogens is 246 g/mol. The summed E-state index contributed by atoms with van der Waals surface area (Å²) in [6.45, 7) is 5.03. The summed E-state index contributed by atoms with van der Waals surface area (Å²) < 4.78 is 0. The van der Waals surface area contributed by atoms with Gasteiger partial charge in [0.25, 0.3) is 0 Å². The minimum absolute atomic E-state index is 0.171. The number of aromatic nitrogens is 2. The number of nitrogens with zero attached hydrogens (tertiary/aromatic N) is 1. The molecule has 1 atom stereocenters. The Morgan fingerprint density at radius 3 is 2.89 bits per heavy atom. The highest BCUT2D eigenvalue weighted by atomic mass is 35.5. The summed E-state index contributed by atoms with van der Waals surface area (Å²) in [4.78, 5) is 7.47. The van der Waals surface area contributed by atoms with Gasteiger partial charge in [-0.15, -0.1) is 0 Å². The van der Waals surface area contributed by atoms with Crippen molar-refractivity contribution < 1.29 is 0 Å². The van der Waals surface area contributed by atoms with Crippen molar-refractivity contribution in [3.63, 3.8) is 0 Å². The van der Waals surface area contributed by atoms with E-state index in [2.05, 4.69) is 34.3 Å². The third-order valence-corrected chi connectivity index (χ3v) is 3.28. The smallest absolute Gasteiger partial charge is 0.123 e. The number of halogens is 1. The Kier molecular flexibility index (Phi) is 4.39. The van der Waals surface area contributed by atoms with E-state index in [1.54, 1.807) is 6.20 Å². The van der Waals surface area contributed by atoms with Gasteiger partial charge in [-0.1, -0.05) is 30.7 Å². The van der Waals surface area contributed by atoms with E-state index < -0.39 is 0 Å². The molecule has 0 fully saturated rings. The van der Waals surface area contributed by atoms with Gasteiger partial charge >= 0.3 is 0 Å². The Labute approximate surface area is 113 Å². The summed E-state index contributed by atoms with van der Waals surface area (Å²) in [5.74, 6) is 0.952. The molecule has 1 aromatic heterocycles. The Balaban J connectivity index is 2.18. The van der Waals surface area contributed by atoms with Crippen LogP contribution in [0.1, 0.15) is 29.9 Å². The van der Waals surface area contributed by atoms with Crippen LogP contribution in [-0.2, 0) is 6.42 Å². The molecule has 18 heavy (non-hydrogen) atoms. The molecule has 1 aromatic carbocycles. The third kappa shape index (κ3) is 3.12. The van der Waals surface area contributed by atoms with Gasteiger partial charge in [-0.2, -0.15) is 0 Å². The fourth-order valence-corrected chi connectivity index (χ4v) is 2.33. The number of hydrogen-bond donors (Lipinski definition) is 2. The molecule has 0 aliphatic carbocycles. The largest absolute Gasteiger partial charge is 0.347 e. The summed E-state index contributed by atoms with van der Waals surface area (Å²) in [5.41, 5.74) is 2.33. The predicted molar refractivity (Wildman–Crippen MR) is 74.9 cm³/mol. The molecule has 0 spiro atoms. The van der Waals surface area contributed by atoms with Gasteiger partial charge in [0.1, 0.15) is 5.82 Å². The van der Waals surface area contributed by atoms with Crippen molar-refractivity contribution in [2.45, 2.75) is 26.3 Å². The fraction of sp³-hybridized carbons (Fsp3) is 0.357. The highest BCUT2D eigenvalue weighted by Gasteiger charge is 2.14. The van der Waals surface area contributed by atoms with Crippen LogP contribution in [-0.4, -0.2) is 16.5 Å². The second-order valence-corrected chi connectivity index (χ2v) is 4.79. The summed E-state index contributed by atoms with van der Waals surface area (Å²) in [6.07, 6.45) is 4.45. The summed E-state index contributed by atoms with van der Waals surface area (Å²) >= 11 is 6.28. The molecule has 3 nitrogen and oxygen atoms in total. The number of benzene rings is 1. The number of rotatable bonds is 5. The highest BCUT2D eigenvalue weighted by Crippen LogP contribution is 2.23. The number of H-pyrrole nitrogens is 1. The summed E-state index contributed by atoms with van der Waals surface area (Å²) in [6, 6.07) is 6.35. The molecule has 0 radical (unpaired) electrons. The zero-order valence-electron chi connectivity index (χ0n) is 10.7. The molecular formula is C14H18ClN3. The summed E-state index contributed by atoms with van der Waals surface area (Å²) in [7, 11) is 0. The third-order valence-electron chi connectivity index (χ3n) is 2.93. The first kappa shape index (κ1) is 13.1. The van der Waals surface area contributed by atoms with Gasteiger partial charge in [0.2, 0.25) is 0 Å². The lowest BCUT2D eigenvalue weighted by Crippen LogP contribution is -2.24. The zero-order chi connectivity index (χ0) is 13.0. The minimum Gasteiger partial charge on any atom is -0.347 e. The monoisotopic (exact) mass is 263 g/mol. The van der Waals surface area contributed by atoms with Crippen LogP contribution in [0.5, 0.6) is 0 Å². The molecule has 0 saturated carbocycles. The lowest BCUT2D eigenvalue weighted by molar-refractivity contribution is 0.526. The van der Waals surface area contributed by atoms with E-state index in [1.165, 1.54) is 5.56 Å². The van der Waals surface area contributed by atoms with E-state index in [9.17, 15) is 0 Å². The molecule has 0 aliphatic rings. The summed E-state index contributed by atoms with van der Waals surface area (Å²) in [5, 5.41) is 4.25. The van der Waals surface area contributed by atoms with Crippen molar-refractivity contribution in [1.29, 1.82) is 0 Å². The molecule has 0 amide bonds. The van der Waals surface area contributed by atoms with Gasteiger partial charge in [-0.25, -0.2) is 4.98 Å². The topological polar surface area (TPSA) is 40.7 Å². The van der Waals surface area contributed by atoms with Crippen LogP contribution in [0.3, 0.4) is 0 Å². The first-order valence-electron chi connectivity index (χ1n) is 6.18. The maximum atomic E-state index is 6.28. The van der Waals surface area contributed by atoms with E-state index in [0.717, 1.165) is 29.4 Å². The Morgan fingerprint density at radius 1 is 1.44 bits per heavy atom. The molecule has 1 heterocycles. The molecule has 0 aliphatic heterocycles. The van der Waals surface area contributed by atoms with E-state index in [0.29, 0.717) is 0 Å². The van der Waals surface area contributed by atoms with E-state index in [1.807, 2.05) is 19.2 Å². The standard InChI is InChI=1S/C14H18ClN3/c1-3-16-13(14-17-6-7-18-14)9-11-5-4-10(2)8-12(11)15/h4-8,13,16H,3,9H2,1-2H3,(H,17,18). The first-order chi connectivity index (χ1) is 8.70. The van der Waals surface area contributed by atoms with Crippen molar-refractivity contribution in [2.24, 2.45) is 0 Å². The average molecular weight is 264 g/mol. The van der Waals surface area contributed by atoms with Crippen molar-refractivity contribution in [3.05, 3.63) is 52.6 Å². The molecule has 2 aromatic rings. The van der Waals surface area contributed by atoms with E-state index >= 15 is 0 Å². The molecule has 96 valence electrons. The van der Waals surface area contributed by atoms with Crippen LogP contribution in [0, 0.1) is 6.92 Å². The maximum Gasteiger partial charge on any atom is 0.123 e. The minimum atomic E-state index is 0.171. The normalized spacial score (nSPS) is 12.6. The number of hydrogen-bond acceptors (Lipinski definition) is 2. The maximum absolute atomic E-state index is 6.28. The SMILES string of the molecule is CCNC(Cc1ccc(C)cc1Cl)c1ncc[nH]1. The van der Waals surface area contributed by atoms with Gasteiger partial charge in [0.05, 0.1) is 6.04 Å². The van der Waals surface area contributed by atoms with Crippen LogP contribution in [0.15, 0.2) is 30.6 Å². The van der Waals surface area contributed by atoms with Gasteiger partial charge < -0.3 is 10.3 Å². The lowest BCUT2D eigenvalue weighted by atomic mass is 10.0. The number of aromatic amines is 1. The number of nitrogens with one attached hydrogen (secondary N) is 2. The average Bonchev–Trinajstić information content (AvgIpc) is 2.85. The second-order valence-electron chi connectivity index (χ2n) is 4.38. The first-order valence-corrected chi connectivity index (χ1v) is 6.56. The Hall–Kier alpha value is -1.32. The van der Waals surface area contributed by atoms with Crippen molar-refractivity contribution in [1.82, 2.24) is 15.3 Å². The van der Waals surface area contributed by atoms with Gasteiger partial charge in [0, 0.05) is 17.4 Å². The molecule has 1 unspecified atom stereocenters. The predicted octanol–water partition coefficient (Wildman–Crippen LogP) is 3.26. The number of imidazole rings is 1. The zero-order valence-corrected chi connectivity index (χ0v) is 11.5. The van der Waals surface area contributed by atoms with Crippen molar-refractivity contribution >= 4 is 11.6 Å². The number of aryl methyl sites for hydroxylation is 1. The van der Waals surface area contributed by atoms with Gasteiger partial charge in [0.15, 0.2) is 0 Å². The van der Waals surface area contributed by atoms with Crippen LogP contribution in [0.4, 0.5) is 0 Å². The molecule has 0 bridgehead atoms. The second kappa shape index (κ2) is 6.03. The molecule has 2 rings (SSSR count). The van der Waals surface area contributed by atoms with E-state index in [-0.39, 0.29) is 6.04 Å². The molecule has 4 heteroatoms. The molecule has 2 N–H and O–H groups in total. The molecule has 0 saturated heterocycles. The Morgan fingerprint density at radius 2 is 2.28 bits per heavy atom. The van der Waals surface area contributed by atoms with E-state index in [4.69, 9.17) is 11.6 Å². The fourth-order valence-electron chi connectivity index (χ4n) is 2.02. The lowest BCUT2D eigenvalue weighted by Gasteiger charge is -2.16. The van der Waals surface area contributed by atoms with Crippen LogP contribution in [0.25, 0.3) is 0 Å². The van der Waals surface area contributed by atoms with Crippen LogP contribution in [0.2, 0.25) is 5.02 Å². The number of likely N-dealkylation sites (N-methyl/N-ethyl adjacent to an activating group) is 1. The van der Waals surface area contributed by atoms with Crippen LogP contribution >= 0.6 is 11.6 Å².